The van der Waals surface area contributed by atoms with Gasteiger partial charge in [-0.2, -0.15) is 0 Å². The molecule has 10 nitrogen and oxygen atoms in total. The van der Waals surface area contributed by atoms with E-state index in [1.54, 1.807) is 0 Å². The summed E-state index contributed by atoms with van der Waals surface area (Å²) in [5.74, 6) is 0.792. The third-order valence-corrected chi connectivity index (χ3v) is 8.89. The zero-order valence-electron chi connectivity index (χ0n) is 24.4. The minimum Gasteiger partial charge on any atom is -0.459 e. The molecule has 0 aromatic carbocycles. The molecule has 5 N–H and O–H groups in total. The Morgan fingerprint density at radius 3 is 2.26 bits per heavy atom. The Bertz CT molecular complexity index is 769. The zero-order chi connectivity index (χ0) is 27.8. The quantitative estimate of drug-likeness (QED) is 0.256. The van der Waals surface area contributed by atoms with Gasteiger partial charge in [0.1, 0.15) is 18.4 Å². The van der Waals surface area contributed by atoms with Crippen LogP contribution in [0, 0.1) is 17.8 Å². The van der Waals surface area contributed by atoms with E-state index in [-0.39, 0.29) is 36.7 Å². The van der Waals surface area contributed by atoms with Gasteiger partial charge in [0, 0.05) is 44.7 Å². The van der Waals surface area contributed by atoms with Gasteiger partial charge in [-0.3, -0.25) is 30.4 Å². The monoisotopic (exact) mass is 551 g/mol. The molecule has 0 aromatic rings. The standard InChI is InChI=1S/C29H53N5O5/c1-29(2,3)39-26(36)18-30-27(37)21-6-4-20(5-7-21)22-16-31-28(32-17-22)33-23-8-10-25(11-9-23)38-15-14-34-13-12-24(35)19-34/h20-25,28,31-33,35H,4-19H2,1-3H3,(H,30,37). The minimum absolute atomic E-state index is 0.00478. The van der Waals surface area contributed by atoms with Crippen LogP contribution >= 0.6 is 0 Å². The Labute approximate surface area is 234 Å². The number of likely N-dealkylation sites (tertiary alicyclic amines) is 1. The molecule has 39 heavy (non-hydrogen) atoms. The molecule has 10 heteroatoms. The summed E-state index contributed by atoms with van der Waals surface area (Å²) >= 11 is 0. The highest BCUT2D eigenvalue weighted by atomic mass is 16.6. The zero-order valence-corrected chi connectivity index (χ0v) is 24.4. The molecule has 4 fully saturated rings. The molecule has 224 valence electrons. The van der Waals surface area contributed by atoms with E-state index in [4.69, 9.17) is 9.47 Å². The fourth-order valence-corrected chi connectivity index (χ4v) is 6.66. The second kappa shape index (κ2) is 14.5. The van der Waals surface area contributed by atoms with Crippen LogP contribution in [0.15, 0.2) is 0 Å². The Morgan fingerprint density at radius 1 is 0.949 bits per heavy atom. The van der Waals surface area contributed by atoms with Crippen molar-refractivity contribution in [2.24, 2.45) is 17.8 Å². The maximum Gasteiger partial charge on any atom is 0.325 e. The predicted molar refractivity (Wildman–Crippen MR) is 150 cm³/mol. The Balaban J connectivity index is 1.04. The number of amides is 1. The maximum atomic E-state index is 12.6. The number of aliphatic hydroxyl groups excluding tert-OH is 1. The molecule has 1 unspecified atom stereocenters. The van der Waals surface area contributed by atoms with Crippen molar-refractivity contribution < 1.29 is 24.2 Å². The first-order valence-electron chi connectivity index (χ1n) is 15.4. The minimum atomic E-state index is -0.537. The molecule has 1 atom stereocenters. The van der Waals surface area contributed by atoms with Crippen molar-refractivity contribution >= 4 is 11.9 Å². The van der Waals surface area contributed by atoms with Crippen LogP contribution in [0.4, 0.5) is 0 Å². The van der Waals surface area contributed by atoms with E-state index in [2.05, 4.69) is 26.2 Å². The first kappa shape index (κ1) is 30.7. The van der Waals surface area contributed by atoms with Crippen molar-refractivity contribution in [2.45, 2.75) is 109 Å². The van der Waals surface area contributed by atoms with Gasteiger partial charge >= 0.3 is 5.97 Å². The van der Waals surface area contributed by atoms with E-state index in [1.807, 2.05) is 20.8 Å². The molecule has 4 rings (SSSR count). The third-order valence-electron chi connectivity index (χ3n) is 8.89. The molecule has 4 aliphatic rings. The first-order chi connectivity index (χ1) is 18.6. The lowest BCUT2D eigenvalue weighted by atomic mass is 9.75. The first-order valence-corrected chi connectivity index (χ1v) is 15.4. The van der Waals surface area contributed by atoms with Crippen LogP contribution in [-0.2, 0) is 19.1 Å². The highest BCUT2D eigenvalue weighted by Crippen LogP contribution is 2.34. The maximum absolute atomic E-state index is 12.6. The average molecular weight is 552 g/mol. The van der Waals surface area contributed by atoms with E-state index in [0.717, 1.165) is 97.1 Å². The van der Waals surface area contributed by atoms with E-state index in [9.17, 15) is 14.7 Å². The van der Waals surface area contributed by atoms with E-state index < -0.39 is 5.60 Å². The van der Waals surface area contributed by atoms with Crippen LogP contribution < -0.4 is 21.3 Å². The van der Waals surface area contributed by atoms with Crippen LogP contribution in [0.5, 0.6) is 0 Å². The van der Waals surface area contributed by atoms with Crippen molar-refractivity contribution in [1.29, 1.82) is 0 Å². The van der Waals surface area contributed by atoms with Crippen LogP contribution in [-0.4, -0.2) is 97.9 Å². The van der Waals surface area contributed by atoms with Crippen molar-refractivity contribution in [1.82, 2.24) is 26.2 Å². The number of hydrogen-bond donors (Lipinski definition) is 5. The van der Waals surface area contributed by atoms with Gasteiger partial charge in [0.2, 0.25) is 5.91 Å². The molecule has 2 saturated heterocycles. The van der Waals surface area contributed by atoms with Crippen molar-refractivity contribution in [3.8, 4) is 0 Å². The Morgan fingerprint density at radius 2 is 1.64 bits per heavy atom. The Hall–Kier alpha value is -1.30. The van der Waals surface area contributed by atoms with E-state index >= 15 is 0 Å². The summed E-state index contributed by atoms with van der Waals surface area (Å²) in [4.78, 5) is 26.7. The number of esters is 1. The topological polar surface area (TPSA) is 124 Å². The second-order valence-electron chi connectivity index (χ2n) is 13.2. The molecule has 0 aromatic heterocycles. The largest absolute Gasteiger partial charge is 0.459 e. The van der Waals surface area contributed by atoms with Crippen molar-refractivity contribution in [3.05, 3.63) is 0 Å². The lowest BCUT2D eigenvalue weighted by Crippen LogP contribution is -2.63. The van der Waals surface area contributed by atoms with Crippen LogP contribution in [0.3, 0.4) is 0 Å². The molecule has 0 bridgehead atoms. The summed E-state index contributed by atoms with van der Waals surface area (Å²) in [5.41, 5.74) is -0.537. The average Bonchev–Trinajstić information content (AvgIpc) is 3.32. The summed E-state index contributed by atoms with van der Waals surface area (Å²) in [6.07, 6.45) is 9.60. The molecule has 0 radical (unpaired) electrons. The molecular weight excluding hydrogens is 498 g/mol. The highest BCUT2D eigenvalue weighted by molar-refractivity contribution is 5.83. The van der Waals surface area contributed by atoms with Crippen LogP contribution in [0.1, 0.15) is 78.6 Å². The van der Waals surface area contributed by atoms with Crippen LogP contribution in [0.2, 0.25) is 0 Å². The highest BCUT2D eigenvalue weighted by Gasteiger charge is 2.34. The van der Waals surface area contributed by atoms with Gasteiger partial charge < -0.3 is 19.9 Å². The summed E-state index contributed by atoms with van der Waals surface area (Å²) in [5, 5.41) is 23.5. The number of nitrogens with zero attached hydrogens (tertiary/aromatic N) is 1. The molecule has 2 heterocycles. The van der Waals surface area contributed by atoms with Crippen LogP contribution in [0.25, 0.3) is 0 Å². The lowest BCUT2D eigenvalue weighted by Gasteiger charge is -2.40. The Kier molecular flexibility index (Phi) is 11.4. The number of carbonyl (C=O) groups is 2. The van der Waals surface area contributed by atoms with Gasteiger partial charge in [0.05, 0.1) is 18.8 Å². The summed E-state index contributed by atoms with van der Waals surface area (Å²) in [6.45, 7) is 10.9. The SMILES string of the molecule is CC(C)(C)OC(=O)CNC(=O)C1CCC(C2CNC(NC3CCC(OCCN4CCC(O)C4)CC3)NC2)CC1. The smallest absolute Gasteiger partial charge is 0.325 e. The number of ether oxygens (including phenoxy) is 2. The summed E-state index contributed by atoms with van der Waals surface area (Å²) in [6, 6.07) is 0.509. The van der Waals surface area contributed by atoms with Crippen molar-refractivity contribution in [2.75, 3.05) is 45.9 Å². The summed E-state index contributed by atoms with van der Waals surface area (Å²) < 4.78 is 11.4. The number of aliphatic hydroxyl groups is 1. The summed E-state index contributed by atoms with van der Waals surface area (Å²) in [7, 11) is 0. The number of rotatable bonds is 10. The number of carbonyl (C=O) groups excluding carboxylic acids is 2. The molecule has 1 amide bonds. The second-order valence-corrected chi connectivity index (χ2v) is 13.2. The molecule has 0 spiro atoms. The van der Waals surface area contributed by atoms with Gasteiger partial charge in [0.15, 0.2) is 0 Å². The fraction of sp³-hybridized carbons (Fsp3) is 0.931. The predicted octanol–water partition coefficient (Wildman–Crippen LogP) is 1.33. The molecule has 2 aliphatic carbocycles. The molecular formula is C29H53N5O5. The van der Waals surface area contributed by atoms with Gasteiger partial charge in [-0.05, 0) is 90.4 Å². The van der Waals surface area contributed by atoms with E-state index in [1.165, 1.54) is 0 Å². The van der Waals surface area contributed by atoms with Gasteiger partial charge in [0.25, 0.3) is 0 Å². The molecule has 2 aliphatic heterocycles. The molecule has 2 saturated carbocycles. The van der Waals surface area contributed by atoms with Gasteiger partial charge in [-0.15, -0.1) is 0 Å². The number of hydrogen-bond acceptors (Lipinski definition) is 9. The number of nitrogens with one attached hydrogen (secondary N) is 4. The van der Waals surface area contributed by atoms with Gasteiger partial charge in [-0.25, -0.2) is 0 Å². The van der Waals surface area contributed by atoms with Crippen molar-refractivity contribution in [3.63, 3.8) is 0 Å². The fourth-order valence-electron chi connectivity index (χ4n) is 6.66. The van der Waals surface area contributed by atoms with Gasteiger partial charge in [-0.1, -0.05) is 0 Å². The number of β-amino-alcohol motifs (C(OH)–C–C–N with tert-alkyl or cyclic N) is 1. The van der Waals surface area contributed by atoms with E-state index in [0.29, 0.717) is 24.0 Å². The third kappa shape index (κ3) is 10.2. The lowest BCUT2D eigenvalue weighted by molar-refractivity contribution is -0.154. The normalized spacial score (nSPS) is 34.5.